The van der Waals surface area contributed by atoms with Crippen LogP contribution in [-0.4, -0.2) is 44.9 Å². The highest BCUT2D eigenvalue weighted by Crippen LogP contribution is 2.17. The van der Waals surface area contributed by atoms with E-state index in [-0.39, 0.29) is 11.2 Å². The molecule has 0 unspecified atom stereocenters. The van der Waals surface area contributed by atoms with Crippen molar-refractivity contribution in [2.24, 2.45) is 21.1 Å². The van der Waals surface area contributed by atoms with Crippen LogP contribution in [0.25, 0.3) is 11.2 Å². The van der Waals surface area contributed by atoms with E-state index in [1.54, 1.807) is 11.9 Å². The summed E-state index contributed by atoms with van der Waals surface area (Å²) >= 11 is 0. The van der Waals surface area contributed by atoms with Crippen LogP contribution in [0.2, 0.25) is 0 Å². The van der Waals surface area contributed by atoms with Crippen LogP contribution < -0.4 is 21.0 Å². The average molecular weight is 369 g/mol. The largest absolute Gasteiger partial charge is 0.332 e. The summed E-state index contributed by atoms with van der Waals surface area (Å²) in [6, 6.07) is 10.5. The van der Waals surface area contributed by atoms with Gasteiger partial charge in [0.25, 0.3) is 5.56 Å². The first kappa shape index (κ1) is 17.5. The van der Waals surface area contributed by atoms with E-state index >= 15 is 0 Å². The van der Waals surface area contributed by atoms with Gasteiger partial charge in [0.05, 0.1) is 26.2 Å². The molecule has 4 rings (SSSR count). The molecule has 1 aliphatic rings. The Hall–Kier alpha value is -2.87. The van der Waals surface area contributed by atoms with Crippen LogP contribution in [0.5, 0.6) is 0 Å². The predicted octanol–water partition coefficient (Wildman–Crippen LogP) is -1.12. The summed E-state index contributed by atoms with van der Waals surface area (Å²) < 4.78 is 4.40. The number of nitrogens with zero attached hydrogens (tertiary/aromatic N) is 5. The van der Waals surface area contributed by atoms with Gasteiger partial charge < -0.3 is 14.4 Å². The van der Waals surface area contributed by atoms with Crippen molar-refractivity contribution >= 4 is 17.1 Å². The summed E-state index contributed by atoms with van der Waals surface area (Å²) in [4.78, 5) is 33.1. The Morgan fingerprint density at radius 2 is 1.63 bits per heavy atom. The molecule has 3 aromatic rings. The molecule has 0 saturated carbocycles. The summed E-state index contributed by atoms with van der Waals surface area (Å²) in [7, 11) is 5.01. The molecule has 0 amide bonds. The molecule has 1 N–H and O–H groups in total. The van der Waals surface area contributed by atoms with Gasteiger partial charge in [0.15, 0.2) is 11.2 Å². The Morgan fingerprint density at radius 3 is 2.30 bits per heavy atom. The van der Waals surface area contributed by atoms with Gasteiger partial charge in [0, 0.05) is 26.7 Å². The summed E-state index contributed by atoms with van der Waals surface area (Å²) in [5.41, 5.74) is 1.60. The van der Waals surface area contributed by atoms with E-state index in [4.69, 9.17) is 0 Å². The number of nitrogens with one attached hydrogen (secondary N) is 1. The summed E-state index contributed by atoms with van der Waals surface area (Å²) in [5.74, 6) is 0.752. The molecule has 8 heteroatoms. The molecule has 0 radical (unpaired) electrons. The van der Waals surface area contributed by atoms with Crippen molar-refractivity contribution in [1.82, 2.24) is 18.7 Å². The van der Waals surface area contributed by atoms with Crippen molar-refractivity contribution in [3.05, 3.63) is 56.7 Å². The lowest BCUT2D eigenvalue weighted by molar-refractivity contribution is -0.914. The summed E-state index contributed by atoms with van der Waals surface area (Å²) in [6.45, 7) is 4.78. The molecule has 1 saturated heterocycles. The zero-order chi connectivity index (χ0) is 19.1. The first-order valence-corrected chi connectivity index (χ1v) is 9.22. The van der Waals surface area contributed by atoms with Gasteiger partial charge in [-0.3, -0.25) is 13.9 Å². The maximum Gasteiger partial charge on any atom is 0.332 e. The molecule has 0 bridgehead atoms. The van der Waals surface area contributed by atoms with Gasteiger partial charge in [-0.05, 0) is 0 Å². The maximum absolute atomic E-state index is 12.5. The number of rotatable bonds is 3. The molecule has 3 heterocycles. The maximum atomic E-state index is 12.5. The number of imidazole rings is 1. The number of anilines is 1. The van der Waals surface area contributed by atoms with Crippen LogP contribution in [0.3, 0.4) is 0 Å². The lowest BCUT2D eigenvalue weighted by atomic mass is 10.2. The second kappa shape index (κ2) is 6.70. The number of fused-ring (bicyclic) bond motifs is 1. The fourth-order valence-electron chi connectivity index (χ4n) is 3.87. The third-order valence-electron chi connectivity index (χ3n) is 5.50. The summed E-state index contributed by atoms with van der Waals surface area (Å²) in [5, 5.41) is 0. The fraction of sp³-hybridized carbons (Fsp3) is 0.421. The number of piperazine rings is 1. The van der Waals surface area contributed by atoms with Crippen molar-refractivity contribution in [1.29, 1.82) is 0 Å². The van der Waals surface area contributed by atoms with Gasteiger partial charge in [0.2, 0.25) is 5.95 Å². The van der Waals surface area contributed by atoms with E-state index in [2.05, 4.69) is 34.1 Å². The molecule has 0 spiro atoms. The molecular formula is C19H25N6O2+. The van der Waals surface area contributed by atoms with Crippen LogP contribution in [0.1, 0.15) is 5.56 Å². The normalized spacial score (nSPS) is 15.6. The van der Waals surface area contributed by atoms with Crippen molar-refractivity contribution in [2.75, 3.05) is 31.1 Å². The monoisotopic (exact) mass is 369 g/mol. The second-order valence-corrected chi connectivity index (χ2v) is 7.25. The van der Waals surface area contributed by atoms with Crippen LogP contribution in [-0.2, 0) is 27.7 Å². The molecule has 8 nitrogen and oxygen atoms in total. The van der Waals surface area contributed by atoms with Crippen molar-refractivity contribution in [2.45, 2.75) is 6.54 Å². The highest BCUT2D eigenvalue weighted by Gasteiger charge is 2.25. The number of aromatic nitrogens is 4. The topological polar surface area (TPSA) is 69.5 Å². The van der Waals surface area contributed by atoms with Gasteiger partial charge in [0.1, 0.15) is 6.54 Å². The first-order chi connectivity index (χ1) is 13.0. The third kappa shape index (κ3) is 2.95. The number of hydrogen-bond donors (Lipinski definition) is 1. The highest BCUT2D eigenvalue weighted by atomic mass is 16.2. The summed E-state index contributed by atoms with van der Waals surface area (Å²) in [6.07, 6.45) is 0. The fourth-order valence-corrected chi connectivity index (χ4v) is 3.87. The molecular weight excluding hydrogens is 344 g/mol. The molecule has 2 aromatic heterocycles. The zero-order valence-electron chi connectivity index (χ0n) is 16.0. The van der Waals surface area contributed by atoms with Crippen LogP contribution in [0.15, 0.2) is 39.9 Å². The minimum atomic E-state index is -0.353. The van der Waals surface area contributed by atoms with Gasteiger partial charge in [-0.25, -0.2) is 4.79 Å². The minimum Gasteiger partial charge on any atom is -0.331 e. The Balaban J connectivity index is 1.59. The van der Waals surface area contributed by atoms with Crippen molar-refractivity contribution < 1.29 is 4.90 Å². The standard InChI is InChI=1S/C19H24N6O2/c1-21-15-16(22(2)19(27)23(3)17(15)26)20-18(21)25-11-9-24(10-12-25)13-14-7-5-4-6-8-14/h4-8H,9-13H2,1-3H3/p+1. The smallest absolute Gasteiger partial charge is 0.331 e. The molecule has 0 aliphatic carbocycles. The van der Waals surface area contributed by atoms with Crippen LogP contribution >= 0.6 is 0 Å². The zero-order valence-corrected chi connectivity index (χ0v) is 16.0. The second-order valence-electron chi connectivity index (χ2n) is 7.25. The quantitative estimate of drug-likeness (QED) is 0.635. The van der Waals surface area contributed by atoms with Gasteiger partial charge >= 0.3 is 5.69 Å². The van der Waals surface area contributed by atoms with E-state index in [0.29, 0.717) is 11.2 Å². The molecule has 27 heavy (non-hydrogen) atoms. The first-order valence-electron chi connectivity index (χ1n) is 9.22. The van der Waals surface area contributed by atoms with E-state index in [0.717, 1.165) is 43.2 Å². The van der Waals surface area contributed by atoms with E-state index in [1.807, 2.05) is 17.7 Å². The number of quaternary nitrogens is 1. The van der Waals surface area contributed by atoms with Crippen LogP contribution in [0, 0.1) is 0 Å². The van der Waals surface area contributed by atoms with Gasteiger partial charge in [-0.2, -0.15) is 4.98 Å². The van der Waals surface area contributed by atoms with Crippen molar-refractivity contribution in [3.8, 4) is 0 Å². The number of hydrogen-bond acceptors (Lipinski definition) is 4. The molecule has 1 aliphatic heterocycles. The molecule has 142 valence electrons. The Kier molecular flexibility index (Phi) is 4.35. The van der Waals surface area contributed by atoms with E-state index in [9.17, 15) is 9.59 Å². The molecule has 0 atom stereocenters. The number of aryl methyl sites for hydroxylation is 2. The van der Waals surface area contributed by atoms with Crippen LogP contribution in [0.4, 0.5) is 5.95 Å². The number of benzene rings is 1. The lowest BCUT2D eigenvalue weighted by Gasteiger charge is -2.32. The predicted molar refractivity (Wildman–Crippen MR) is 104 cm³/mol. The van der Waals surface area contributed by atoms with Crippen molar-refractivity contribution in [3.63, 3.8) is 0 Å². The Bertz CT molecular complexity index is 1090. The van der Waals surface area contributed by atoms with E-state index < -0.39 is 0 Å². The average Bonchev–Trinajstić information content (AvgIpc) is 3.03. The molecule has 1 fully saturated rings. The highest BCUT2D eigenvalue weighted by molar-refractivity contribution is 5.74. The SMILES string of the molecule is Cn1c(=O)c2c(nc(N3CC[NH+](Cc4ccccc4)CC3)n2C)n(C)c1=O. The Labute approximate surface area is 156 Å². The Morgan fingerprint density at radius 1 is 0.963 bits per heavy atom. The minimum absolute atomic E-state index is 0.303. The molecule has 1 aromatic carbocycles. The lowest BCUT2D eigenvalue weighted by Crippen LogP contribution is -3.13. The van der Waals surface area contributed by atoms with Gasteiger partial charge in [-0.1, -0.05) is 30.3 Å². The van der Waals surface area contributed by atoms with Gasteiger partial charge in [-0.15, -0.1) is 0 Å². The third-order valence-corrected chi connectivity index (χ3v) is 5.50. The van der Waals surface area contributed by atoms with E-state index in [1.165, 1.54) is 17.2 Å².